The number of hydrogen-bond donors (Lipinski definition) is 0. The van der Waals surface area contributed by atoms with Crippen LogP contribution in [0, 0.1) is 17.8 Å². The molecule has 0 amide bonds. The lowest BCUT2D eigenvalue weighted by atomic mass is 9.91. The third-order valence-corrected chi connectivity index (χ3v) is 5.99. The van der Waals surface area contributed by atoms with Crippen molar-refractivity contribution in [3.63, 3.8) is 0 Å². The second kappa shape index (κ2) is 5.99. The predicted molar refractivity (Wildman–Crippen MR) is 69.4 cm³/mol. The SMILES string of the molecule is COC(C[SiH2]CCC1CC2C=CC1C2)OC. The average Bonchev–Trinajstić information content (AvgIpc) is 2.91. The molecule has 3 unspecified atom stereocenters. The van der Waals surface area contributed by atoms with E-state index in [0.717, 1.165) is 17.8 Å². The van der Waals surface area contributed by atoms with Crippen molar-refractivity contribution < 1.29 is 9.47 Å². The van der Waals surface area contributed by atoms with E-state index in [1.165, 1.54) is 31.4 Å². The van der Waals surface area contributed by atoms with Gasteiger partial charge < -0.3 is 9.47 Å². The second-order valence-electron chi connectivity index (χ2n) is 5.23. The molecule has 3 heteroatoms. The Morgan fingerprint density at radius 1 is 1.25 bits per heavy atom. The van der Waals surface area contributed by atoms with Crippen LogP contribution in [0.5, 0.6) is 0 Å². The fraction of sp³-hybridized carbons (Fsp3) is 0.846. The number of fused-ring (bicyclic) bond motifs is 2. The molecule has 0 spiro atoms. The normalized spacial score (nSPS) is 32.6. The highest BCUT2D eigenvalue weighted by atomic mass is 28.2. The van der Waals surface area contributed by atoms with Crippen molar-refractivity contribution >= 4 is 9.52 Å². The Balaban J connectivity index is 1.57. The van der Waals surface area contributed by atoms with Crippen molar-refractivity contribution in [2.75, 3.05) is 14.2 Å². The van der Waals surface area contributed by atoms with Gasteiger partial charge in [0.25, 0.3) is 0 Å². The van der Waals surface area contributed by atoms with Crippen LogP contribution >= 0.6 is 0 Å². The quantitative estimate of drug-likeness (QED) is 0.294. The molecule has 2 aliphatic rings. The second-order valence-corrected chi connectivity index (χ2v) is 7.22. The molecule has 2 nitrogen and oxygen atoms in total. The summed E-state index contributed by atoms with van der Waals surface area (Å²) in [6.45, 7) is 0. The maximum atomic E-state index is 5.22. The molecule has 2 bridgehead atoms. The highest BCUT2D eigenvalue weighted by Crippen LogP contribution is 2.45. The van der Waals surface area contributed by atoms with E-state index in [1.807, 2.05) is 0 Å². The minimum absolute atomic E-state index is 0.0187. The van der Waals surface area contributed by atoms with Gasteiger partial charge in [0.05, 0.1) is 0 Å². The number of hydrogen-bond acceptors (Lipinski definition) is 2. The molecule has 0 saturated heterocycles. The largest absolute Gasteiger partial charge is 0.356 e. The third kappa shape index (κ3) is 2.96. The highest BCUT2D eigenvalue weighted by molar-refractivity contribution is 6.35. The Kier molecular flexibility index (Phi) is 4.62. The first-order valence-electron chi connectivity index (χ1n) is 6.57. The summed E-state index contributed by atoms with van der Waals surface area (Å²) in [5, 5.41) is 0. The lowest BCUT2D eigenvalue weighted by molar-refractivity contribution is -0.0876. The molecule has 0 N–H and O–H groups in total. The lowest BCUT2D eigenvalue weighted by Crippen LogP contribution is -2.16. The molecule has 3 atom stereocenters. The van der Waals surface area contributed by atoms with Gasteiger partial charge in [0.1, 0.15) is 0 Å². The van der Waals surface area contributed by atoms with Gasteiger partial charge in [0, 0.05) is 23.7 Å². The van der Waals surface area contributed by atoms with Gasteiger partial charge in [-0.05, 0) is 36.6 Å². The minimum Gasteiger partial charge on any atom is -0.356 e. The van der Waals surface area contributed by atoms with Crippen LogP contribution in [-0.2, 0) is 9.47 Å². The van der Waals surface area contributed by atoms with E-state index < -0.39 is 0 Å². The van der Waals surface area contributed by atoms with E-state index in [0.29, 0.717) is 0 Å². The Hall–Kier alpha value is -0.123. The van der Waals surface area contributed by atoms with Crippen molar-refractivity contribution in [1.82, 2.24) is 0 Å². The zero-order valence-corrected chi connectivity index (χ0v) is 11.9. The van der Waals surface area contributed by atoms with Crippen molar-refractivity contribution in [1.29, 1.82) is 0 Å². The summed E-state index contributed by atoms with van der Waals surface area (Å²) < 4.78 is 10.4. The van der Waals surface area contributed by atoms with Gasteiger partial charge in [-0.15, -0.1) is 0 Å². The first-order chi connectivity index (χ1) is 7.83. The van der Waals surface area contributed by atoms with Gasteiger partial charge in [-0.2, -0.15) is 0 Å². The van der Waals surface area contributed by atoms with Gasteiger partial charge >= 0.3 is 0 Å². The maximum Gasteiger partial charge on any atom is 0.153 e. The molecular formula is C13H24O2Si. The first-order valence-corrected chi connectivity index (χ1v) is 8.57. The molecule has 2 rings (SSSR count). The summed E-state index contributed by atoms with van der Waals surface area (Å²) in [7, 11) is 3.50. The molecule has 0 aromatic carbocycles. The summed E-state index contributed by atoms with van der Waals surface area (Å²) in [5.41, 5.74) is 0. The van der Waals surface area contributed by atoms with Crippen molar-refractivity contribution in [2.45, 2.75) is 37.6 Å². The fourth-order valence-corrected chi connectivity index (χ4v) is 5.18. The lowest BCUT2D eigenvalue weighted by Gasteiger charge is -2.18. The minimum atomic E-state index is 0.0187. The molecule has 2 aliphatic carbocycles. The molecule has 0 aromatic rings. The standard InChI is InChI=1S/C13H24O2Si/c1-14-13(15-2)9-16-6-5-12-8-10-3-4-11(12)7-10/h3-4,10-13H,5-9,16H2,1-2H3. The van der Waals surface area contributed by atoms with Crippen molar-refractivity contribution in [2.24, 2.45) is 17.8 Å². The van der Waals surface area contributed by atoms with Crippen LogP contribution in [0.25, 0.3) is 0 Å². The van der Waals surface area contributed by atoms with Gasteiger partial charge in [0.15, 0.2) is 6.29 Å². The van der Waals surface area contributed by atoms with Gasteiger partial charge in [-0.25, -0.2) is 0 Å². The van der Waals surface area contributed by atoms with E-state index in [1.54, 1.807) is 14.2 Å². The first kappa shape index (κ1) is 12.3. The molecule has 1 fully saturated rings. The molecule has 0 heterocycles. The van der Waals surface area contributed by atoms with Gasteiger partial charge in [-0.1, -0.05) is 24.6 Å². The predicted octanol–water partition coefficient (Wildman–Crippen LogP) is 2.21. The number of rotatable bonds is 7. The van der Waals surface area contributed by atoms with E-state index in [4.69, 9.17) is 9.47 Å². The van der Waals surface area contributed by atoms with Crippen LogP contribution in [0.1, 0.15) is 19.3 Å². The number of ether oxygens (including phenoxy) is 2. The Morgan fingerprint density at radius 2 is 2.06 bits per heavy atom. The Bertz CT molecular complexity index is 238. The van der Waals surface area contributed by atoms with Crippen LogP contribution in [0.4, 0.5) is 0 Å². The Morgan fingerprint density at radius 3 is 2.62 bits per heavy atom. The molecular weight excluding hydrogens is 216 g/mol. The van der Waals surface area contributed by atoms with Crippen LogP contribution < -0.4 is 0 Å². The van der Waals surface area contributed by atoms with Crippen LogP contribution in [0.3, 0.4) is 0 Å². The van der Waals surface area contributed by atoms with Crippen LogP contribution in [0.2, 0.25) is 12.1 Å². The number of allylic oxidation sites excluding steroid dienone is 2. The summed E-state index contributed by atoms with van der Waals surface area (Å²) in [6.07, 6.45) is 9.33. The van der Waals surface area contributed by atoms with E-state index in [-0.39, 0.29) is 15.8 Å². The van der Waals surface area contributed by atoms with Crippen LogP contribution in [-0.4, -0.2) is 30.0 Å². The van der Waals surface area contributed by atoms with E-state index in [9.17, 15) is 0 Å². The molecule has 0 aromatic heterocycles. The zero-order chi connectivity index (χ0) is 11.4. The monoisotopic (exact) mass is 240 g/mol. The Labute approximate surface area is 101 Å². The topological polar surface area (TPSA) is 18.5 Å². The maximum absolute atomic E-state index is 5.22. The highest BCUT2D eigenvalue weighted by Gasteiger charge is 2.34. The summed E-state index contributed by atoms with van der Waals surface area (Å²) in [6, 6.07) is 2.63. The summed E-state index contributed by atoms with van der Waals surface area (Å²) in [5.74, 6) is 2.87. The molecule has 0 aliphatic heterocycles. The fourth-order valence-electron chi connectivity index (χ4n) is 3.28. The van der Waals surface area contributed by atoms with Crippen molar-refractivity contribution in [3.05, 3.63) is 12.2 Å². The van der Waals surface area contributed by atoms with Crippen LogP contribution in [0.15, 0.2) is 12.2 Å². The molecule has 92 valence electrons. The van der Waals surface area contributed by atoms with Gasteiger partial charge in [0.2, 0.25) is 0 Å². The molecule has 16 heavy (non-hydrogen) atoms. The zero-order valence-electron chi connectivity index (χ0n) is 10.5. The average molecular weight is 240 g/mol. The third-order valence-electron chi connectivity index (χ3n) is 4.21. The van der Waals surface area contributed by atoms with Crippen molar-refractivity contribution in [3.8, 4) is 0 Å². The molecule has 1 saturated carbocycles. The summed E-state index contributed by atoms with van der Waals surface area (Å²) in [4.78, 5) is 0. The van der Waals surface area contributed by atoms with Gasteiger partial charge in [-0.3, -0.25) is 0 Å². The number of methoxy groups -OCH3 is 2. The molecule has 0 radical (unpaired) electrons. The van der Waals surface area contributed by atoms with E-state index >= 15 is 0 Å². The smallest absolute Gasteiger partial charge is 0.153 e. The summed E-state index contributed by atoms with van der Waals surface area (Å²) >= 11 is 0. The van der Waals surface area contributed by atoms with E-state index in [2.05, 4.69) is 12.2 Å².